The minimum absolute atomic E-state index is 0.121. The zero-order chi connectivity index (χ0) is 26.8. The number of likely N-dealkylation sites (N-methyl/N-ethyl adjacent to an activating group) is 1. The van der Waals surface area contributed by atoms with Crippen molar-refractivity contribution in [3.63, 3.8) is 0 Å². The molecule has 3 aliphatic heterocycles. The van der Waals surface area contributed by atoms with Crippen molar-refractivity contribution in [3.8, 4) is 11.5 Å². The monoisotopic (exact) mass is 553 g/mol. The van der Waals surface area contributed by atoms with Crippen LogP contribution in [-0.2, 0) is 21.7 Å². The van der Waals surface area contributed by atoms with Crippen molar-refractivity contribution in [1.29, 1.82) is 0 Å². The highest BCUT2D eigenvalue weighted by molar-refractivity contribution is 8.25. The molecule has 2 fully saturated rings. The van der Waals surface area contributed by atoms with Gasteiger partial charge in [-0.1, -0.05) is 30.0 Å². The average Bonchev–Trinajstić information content (AvgIpc) is 3.64. The zero-order valence-corrected chi connectivity index (χ0v) is 22.5. The second-order valence-corrected chi connectivity index (χ2v) is 11.4. The maximum absolute atomic E-state index is 14.7. The number of ether oxygens (including phenoxy) is 2. The van der Waals surface area contributed by atoms with Crippen molar-refractivity contribution in [2.45, 2.75) is 22.7 Å². The Morgan fingerprint density at radius 1 is 1.16 bits per heavy atom. The summed E-state index contributed by atoms with van der Waals surface area (Å²) in [5.74, 6) is -0.141. The number of nitrogens with zero attached hydrogens (tertiary/aromatic N) is 2. The Hall–Kier alpha value is -3.41. The molecular weight excluding hydrogens is 529 g/mol. The Kier molecular flexibility index (Phi) is 5.78. The van der Waals surface area contributed by atoms with Crippen LogP contribution in [0.4, 0.5) is 10.1 Å². The van der Waals surface area contributed by atoms with E-state index in [0.29, 0.717) is 39.4 Å². The van der Waals surface area contributed by atoms with Gasteiger partial charge in [0, 0.05) is 23.7 Å². The predicted molar refractivity (Wildman–Crippen MR) is 144 cm³/mol. The molecule has 38 heavy (non-hydrogen) atoms. The highest BCUT2D eigenvalue weighted by atomic mass is 32.2. The van der Waals surface area contributed by atoms with Crippen molar-refractivity contribution in [3.05, 3.63) is 77.5 Å². The molecule has 2 saturated heterocycles. The van der Waals surface area contributed by atoms with Gasteiger partial charge in [-0.3, -0.25) is 19.4 Å². The highest BCUT2D eigenvalue weighted by Crippen LogP contribution is 2.66. The number of thiocarbonyl (C=S) groups is 1. The van der Waals surface area contributed by atoms with Gasteiger partial charge in [-0.25, -0.2) is 4.39 Å². The highest BCUT2D eigenvalue weighted by Gasteiger charge is 2.77. The molecule has 6 rings (SSSR count). The summed E-state index contributed by atoms with van der Waals surface area (Å²) in [5.41, 5.74) is 0.134. The summed E-state index contributed by atoms with van der Waals surface area (Å²) in [6.07, 6.45) is 1.53. The van der Waals surface area contributed by atoms with E-state index in [1.54, 1.807) is 39.5 Å². The second-order valence-electron chi connectivity index (χ2n) is 9.48. The van der Waals surface area contributed by atoms with Gasteiger partial charge >= 0.3 is 0 Å². The third-order valence-electron chi connectivity index (χ3n) is 7.74. The first-order valence-electron chi connectivity index (χ1n) is 11.9. The molecule has 0 aliphatic carbocycles. The van der Waals surface area contributed by atoms with Crippen molar-refractivity contribution in [1.82, 2.24) is 9.80 Å². The third kappa shape index (κ3) is 3.15. The number of anilines is 1. The number of nitrogens with one attached hydrogen (secondary N) is 1. The number of likely N-dealkylation sites (tertiary alicyclic amines) is 1. The molecule has 3 aromatic rings. The lowest BCUT2D eigenvalue weighted by atomic mass is 9.72. The molecule has 2 spiro atoms. The van der Waals surface area contributed by atoms with E-state index >= 15 is 0 Å². The summed E-state index contributed by atoms with van der Waals surface area (Å²) in [5, 5.41) is 2.91. The molecular formula is C27H24FN3O5S2. The molecule has 3 atom stereocenters. The molecule has 1 N–H and O–H groups in total. The van der Waals surface area contributed by atoms with E-state index in [1.807, 2.05) is 17.0 Å². The molecule has 0 bridgehead atoms. The van der Waals surface area contributed by atoms with Crippen molar-refractivity contribution in [2.24, 2.45) is 0 Å². The normalized spacial score (nSPS) is 26.5. The van der Waals surface area contributed by atoms with Gasteiger partial charge in [0.2, 0.25) is 5.91 Å². The van der Waals surface area contributed by atoms with E-state index in [9.17, 15) is 14.0 Å². The van der Waals surface area contributed by atoms with E-state index in [4.69, 9.17) is 26.1 Å². The van der Waals surface area contributed by atoms with Crippen LogP contribution in [0.15, 0.2) is 59.2 Å². The summed E-state index contributed by atoms with van der Waals surface area (Å²) in [6.45, 7) is 0.449. The van der Waals surface area contributed by atoms with Crippen LogP contribution in [0.1, 0.15) is 22.8 Å². The van der Waals surface area contributed by atoms with Crippen LogP contribution in [0.2, 0.25) is 0 Å². The molecule has 0 radical (unpaired) electrons. The number of carbonyl (C=O) groups is 2. The lowest BCUT2D eigenvalue weighted by molar-refractivity contribution is -0.138. The quantitative estimate of drug-likeness (QED) is 0.473. The Bertz CT molecular complexity index is 1480. The zero-order valence-electron chi connectivity index (χ0n) is 20.8. The molecule has 2 aromatic carbocycles. The Morgan fingerprint density at radius 3 is 2.66 bits per heavy atom. The number of fused-ring (bicyclic) bond motifs is 3. The number of rotatable bonds is 5. The number of hydrogen-bond donors (Lipinski definition) is 1. The Morgan fingerprint density at radius 2 is 1.95 bits per heavy atom. The standard InChI is InChI=1S/C27H24FN3O5S2/c1-30-14-19(15-6-9-21(34-2)22(11-15)35-3)27(24(33)31(25(37)38-27)13-17-5-4-10-36-17)26(30)18-12-16(28)7-8-20(18)29-23(26)32/h4-12,19H,13-14H2,1-3H3,(H,29,32)/t19-,26-,27+/m0/s1. The van der Waals surface area contributed by atoms with Crippen LogP contribution in [0, 0.1) is 5.82 Å². The number of benzene rings is 2. The number of furan rings is 1. The van der Waals surface area contributed by atoms with Gasteiger partial charge in [0.15, 0.2) is 17.0 Å². The SMILES string of the molecule is COc1ccc([C@@H]2CN(C)[C@@]3(C(=O)Nc4ccc(F)cc43)[C@@]23SC(=S)N(Cc2ccco2)C3=O)cc1OC. The molecule has 0 unspecified atom stereocenters. The molecule has 11 heteroatoms. The lowest BCUT2D eigenvalue weighted by Crippen LogP contribution is -2.61. The van der Waals surface area contributed by atoms with Crippen LogP contribution in [0.3, 0.4) is 0 Å². The third-order valence-corrected chi connectivity index (χ3v) is 9.68. The first-order valence-corrected chi connectivity index (χ1v) is 13.1. The number of thioether (sulfide) groups is 1. The van der Waals surface area contributed by atoms with E-state index in [1.165, 1.54) is 41.1 Å². The predicted octanol–water partition coefficient (Wildman–Crippen LogP) is 4.11. The lowest BCUT2D eigenvalue weighted by Gasteiger charge is -2.41. The van der Waals surface area contributed by atoms with Gasteiger partial charge in [-0.15, -0.1) is 0 Å². The Balaban J connectivity index is 1.59. The van der Waals surface area contributed by atoms with Gasteiger partial charge in [0.05, 0.1) is 27.0 Å². The topological polar surface area (TPSA) is 84.3 Å². The molecule has 1 aromatic heterocycles. The van der Waals surface area contributed by atoms with Gasteiger partial charge in [-0.05, 0) is 55.1 Å². The molecule has 2 amide bonds. The fourth-order valence-electron chi connectivity index (χ4n) is 6.16. The molecule has 196 valence electrons. The van der Waals surface area contributed by atoms with Crippen LogP contribution in [-0.4, -0.2) is 58.5 Å². The number of amides is 2. The van der Waals surface area contributed by atoms with Crippen LogP contribution in [0.25, 0.3) is 0 Å². The fraction of sp³-hybridized carbons (Fsp3) is 0.296. The number of carbonyl (C=O) groups excluding carboxylic acids is 2. The number of hydrogen-bond acceptors (Lipinski definition) is 8. The summed E-state index contributed by atoms with van der Waals surface area (Å²) in [6, 6.07) is 13.1. The first-order chi connectivity index (χ1) is 18.3. The molecule has 3 aliphatic rings. The molecule has 4 heterocycles. The van der Waals surface area contributed by atoms with Gasteiger partial charge < -0.3 is 19.2 Å². The van der Waals surface area contributed by atoms with Crippen molar-refractivity contribution < 1.29 is 27.9 Å². The Labute approximate surface area is 228 Å². The summed E-state index contributed by atoms with van der Waals surface area (Å²) in [7, 11) is 4.87. The molecule has 8 nitrogen and oxygen atoms in total. The van der Waals surface area contributed by atoms with Crippen LogP contribution >= 0.6 is 24.0 Å². The van der Waals surface area contributed by atoms with Crippen molar-refractivity contribution in [2.75, 3.05) is 33.1 Å². The first kappa shape index (κ1) is 24.9. The summed E-state index contributed by atoms with van der Waals surface area (Å²) in [4.78, 5) is 32.1. The van der Waals surface area contributed by atoms with E-state index in [0.717, 1.165) is 5.56 Å². The van der Waals surface area contributed by atoms with Gasteiger partial charge in [-0.2, -0.15) is 0 Å². The van der Waals surface area contributed by atoms with E-state index in [2.05, 4.69) is 5.32 Å². The number of methoxy groups -OCH3 is 2. The van der Waals surface area contributed by atoms with Crippen molar-refractivity contribution >= 4 is 45.8 Å². The largest absolute Gasteiger partial charge is 0.493 e. The smallest absolute Gasteiger partial charge is 0.251 e. The second kappa shape index (κ2) is 8.82. The van der Waals surface area contributed by atoms with Gasteiger partial charge in [0.25, 0.3) is 5.91 Å². The minimum atomic E-state index is -1.52. The van der Waals surface area contributed by atoms with E-state index in [-0.39, 0.29) is 12.5 Å². The fourth-order valence-corrected chi connectivity index (χ4v) is 8.29. The molecule has 0 saturated carbocycles. The average molecular weight is 554 g/mol. The van der Waals surface area contributed by atoms with E-state index < -0.39 is 27.9 Å². The van der Waals surface area contributed by atoms with Crippen LogP contribution in [0.5, 0.6) is 11.5 Å². The van der Waals surface area contributed by atoms with Gasteiger partial charge in [0.1, 0.15) is 20.6 Å². The maximum atomic E-state index is 14.7. The summed E-state index contributed by atoms with van der Waals surface area (Å²) < 4.78 is 30.1. The minimum Gasteiger partial charge on any atom is -0.493 e. The maximum Gasteiger partial charge on any atom is 0.251 e. The summed E-state index contributed by atoms with van der Waals surface area (Å²) >= 11 is 6.95. The van der Waals surface area contributed by atoms with Crippen LogP contribution < -0.4 is 14.8 Å². The number of halogens is 1.